The SMILES string of the molecule is COC(=O)c1ccc(OC/C(=N\O)c2ccc(N3CCCC3)c(C(C)(C)C)c2)cc1. The van der Waals surface area contributed by atoms with Crippen molar-refractivity contribution in [2.24, 2.45) is 5.16 Å². The van der Waals surface area contributed by atoms with Gasteiger partial charge in [0.15, 0.2) is 0 Å². The second kappa shape index (κ2) is 9.20. The molecule has 1 aliphatic rings. The summed E-state index contributed by atoms with van der Waals surface area (Å²) >= 11 is 0. The standard InChI is InChI=1S/C24H30N2O4/c1-24(2,3)20-15-18(9-12-22(20)26-13-5-6-14-26)21(25-28)16-30-19-10-7-17(8-11-19)23(27)29-4/h7-12,15,28H,5-6,13-14,16H2,1-4H3/b25-21+. The van der Waals surface area contributed by atoms with Crippen LogP contribution in [0, 0.1) is 0 Å². The van der Waals surface area contributed by atoms with Crippen molar-refractivity contribution in [1.29, 1.82) is 0 Å². The summed E-state index contributed by atoms with van der Waals surface area (Å²) in [7, 11) is 1.34. The van der Waals surface area contributed by atoms with Crippen molar-refractivity contribution in [3.63, 3.8) is 0 Å². The zero-order valence-corrected chi connectivity index (χ0v) is 18.1. The van der Waals surface area contributed by atoms with E-state index in [2.05, 4.69) is 43.0 Å². The van der Waals surface area contributed by atoms with E-state index < -0.39 is 5.97 Å². The Kier molecular flexibility index (Phi) is 6.65. The molecule has 0 aliphatic carbocycles. The number of ether oxygens (including phenoxy) is 2. The van der Waals surface area contributed by atoms with Crippen LogP contribution in [0.15, 0.2) is 47.6 Å². The van der Waals surface area contributed by atoms with Crippen LogP contribution in [0.2, 0.25) is 0 Å². The van der Waals surface area contributed by atoms with E-state index >= 15 is 0 Å². The summed E-state index contributed by atoms with van der Waals surface area (Å²) in [4.78, 5) is 14.0. The van der Waals surface area contributed by atoms with Crippen LogP contribution in [0.3, 0.4) is 0 Å². The molecule has 0 saturated carbocycles. The normalized spacial score (nSPS) is 14.7. The lowest BCUT2D eigenvalue weighted by atomic mass is 9.84. The monoisotopic (exact) mass is 410 g/mol. The van der Waals surface area contributed by atoms with E-state index in [-0.39, 0.29) is 12.0 Å². The van der Waals surface area contributed by atoms with Gasteiger partial charge in [-0.05, 0) is 60.2 Å². The molecular weight excluding hydrogens is 380 g/mol. The van der Waals surface area contributed by atoms with Crippen LogP contribution < -0.4 is 9.64 Å². The van der Waals surface area contributed by atoms with E-state index in [0.717, 1.165) is 18.7 Å². The molecule has 0 spiro atoms. The van der Waals surface area contributed by atoms with Crippen molar-refractivity contribution in [2.45, 2.75) is 39.0 Å². The third-order valence-electron chi connectivity index (χ3n) is 5.36. The molecule has 3 rings (SSSR count). The van der Waals surface area contributed by atoms with Crippen molar-refractivity contribution in [3.05, 3.63) is 59.2 Å². The Bertz CT molecular complexity index is 908. The summed E-state index contributed by atoms with van der Waals surface area (Å²) < 4.78 is 10.5. The van der Waals surface area contributed by atoms with Crippen molar-refractivity contribution in [1.82, 2.24) is 0 Å². The maximum absolute atomic E-state index is 11.5. The highest BCUT2D eigenvalue weighted by Crippen LogP contribution is 2.34. The number of esters is 1. The molecule has 6 heteroatoms. The number of hydrogen-bond donors (Lipinski definition) is 1. The van der Waals surface area contributed by atoms with Gasteiger partial charge >= 0.3 is 5.97 Å². The van der Waals surface area contributed by atoms with Gasteiger partial charge in [0.1, 0.15) is 18.1 Å². The van der Waals surface area contributed by atoms with Crippen LogP contribution in [0.4, 0.5) is 5.69 Å². The first-order valence-electron chi connectivity index (χ1n) is 10.3. The third kappa shape index (κ3) is 4.93. The van der Waals surface area contributed by atoms with Crippen molar-refractivity contribution in [2.75, 3.05) is 31.7 Å². The van der Waals surface area contributed by atoms with Gasteiger partial charge in [0.05, 0.1) is 12.7 Å². The second-order valence-corrected chi connectivity index (χ2v) is 8.53. The predicted octanol–water partition coefficient (Wildman–Crippen LogP) is 4.63. The van der Waals surface area contributed by atoms with Gasteiger partial charge in [0, 0.05) is 24.3 Å². The summed E-state index contributed by atoms with van der Waals surface area (Å²) in [5, 5.41) is 13.1. The largest absolute Gasteiger partial charge is 0.487 e. The molecule has 6 nitrogen and oxygen atoms in total. The summed E-state index contributed by atoms with van der Waals surface area (Å²) in [5.41, 5.74) is 4.17. The molecule has 0 radical (unpaired) electrons. The average molecular weight is 411 g/mol. The Balaban J connectivity index is 1.78. The fourth-order valence-electron chi connectivity index (χ4n) is 3.68. The number of hydrogen-bond acceptors (Lipinski definition) is 6. The minimum Gasteiger partial charge on any atom is -0.487 e. The maximum Gasteiger partial charge on any atom is 0.337 e. The number of oxime groups is 1. The highest BCUT2D eigenvalue weighted by atomic mass is 16.5. The number of carbonyl (C=O) groups excluding carboxylic acids is 1. The number of nitrogens with zero attached hydrogens (tertiary/aromatic N) is 2. The van der Waals surface area contributed by atoms with Crippen molar-refractivity contribution >= 4 is 17.4 Å². The van der Waals surface area contributed by atoms with Crippen LogP contribution in [0.1, 0.15) is 55.1 Å². The molecule has 0 amide bonds. The lowest BCUT2D eigenvalue weighted by Gasteiger charge is -2.29. The third-order valence-corrected chi connectivity index (χ3v) is 5.36. The summed E-state index contributed by atoms with van der Waals surface area (Å²) in [6, 6.07) is 12.9. The molecule has 2 aromatic carbocycles. The molecular formula is C24H30N2O4. The van der Waals surface area contributed by atoms with E-state index in [1.54, 1.807) is 24.3 Å². The number of anilines is 1. The molecule has 1 N–H and O–H groups in total. The first-order chi connectivity index (χ1) is 14.3. The zero-order chi connectivity index (χ0) is 21.7. The Hall–Kier alpha value is -3.02. The average Bonchev–Trinajstić information content (AvgIpc) is 3.28. The first-order valence-corrected chi connectivity index (χ1v) is 10.3. The van der Waals surface area contributed by atoms with Gasteiger partial charge < -0.3 is 19.6 Å². The fourth-order valence-corrected chi connectivity index (χ4v) is 3.68. The van der Waals surface area contributed by atoms with Crippen molar-refractivity contribution in [3.8, 4) is 5.75 Å². The van der Waals surface area contributed by atoms with E-state index in [4.69, 9.17) is 9.47 Å². The van der Waals surface area contributed by atoms with E-state index in [0.29, 0.717) is 17.0 Å². The number of rotatable bonds is 6. The quantitative estimate of drug-likeness (QED) is 0.325. The Morgan fingerprint density at radius 1 is 1.07 bits per heavy atom. The zero-order valence-electron chi connectivity index (χ0n) is 18.1. The van der Waals surface area contributed by atoms with Crippen LogP contribution in [-0.4, -0.2) is 43.7 Å². The summed E-state index contributed by atoms with van der Waals surface area (Å²) in [6.07, 6.45) is 2.44. The molecule has 1 heterocycles. The topological polar surface area (TPSA) is 71.4 Å². The minimum absolute atomic E-state index is 0.0426. The second-order valence-electron chi connectivity index (χ2n) is 8.53. The Morgan fingerprint density at radius 2 is 1.70 bits per heavy atom. The molecule has 160 valence electrons. The molecule has 0 bridgehead atoms. The van der Waals surface area contributed by atoms with Crippen LogP contribution >= 0.6 is 0 Å². The molecule has 0 aromatic heterocycles. The number of benzene rings is 2. The first kappa shape index (κ1) is 21.7. The van der Waals surface area contributed by atoms with Gasteiger partial charge in [0.2, 0.25) is 0 Å². The van der Waals surface area contributed by atoms with Crippen LogP contribution in [0.5, 0.6) is 5.75 Å². The summed E-state index contributed by atoms with van der Waals surface area (Å²) in [5.74, 6) is 0.181. The molecule has 30 heavy (non-hydrogen) atoms. The van der Waals surface area contributed by atoms with Crippen LogP contribution in [0.25, 0.3) is 0 Å². The Morgan fingerprint density at radius 3 is 2.27 bits per heavy atom. The Labute approximate surface area is 178 Å². The minimum atomic E-state index is -0.396. The van der Waals surface area contributed by atoms with Gasteiger partial charge in [-0.3, -0.25) is 0 Å². The number of methoxy groups -OCH3 is 1. The lowest BCUT2D eigenvalue weighted by molar-refractivity contribution is 0.0600. The van der Waals surface area contributed by atoms with Gasteiger partial charge in [-0.1, -0.05) is 32.0 Å². The fraction of sp³-hybridized carbons (Fsp3) is 0.417. The highest BCUT2D eigenvalue weighted by molar-refractivity contribution is 6.02. The van der Waals surface area contributed by atoms with E-state index in [1.165, 1.54) is 31.2 Å². The van der Waals surface area contributed by atoms with Gasteiger partial charge in [-0.15, -0.1) is 0 Å². The molecule has 1 aliphatic heterocycles. The van der Waals surface area contributed by atoms with Crippen molar-refractivity contribution < 1.29 is 19.5 Å². The van der Waals surface area contributed by atoms with E-state index in [9.17, 15) is 10.0 Å². The number of carbonyl (C=O) groups is 1. The molecule has 1 saturated heterocycles. The smallest absolute Gasteiger partial charge is 0.337 e. The summed E-state index contributed by atoms with van der Waals surface area (Å²) in [6.45, 7) is 8.85. The maximum atomic E-state index is 11.5. The van der Waals surface area contributed by atoms with Gasteiger partial charge in [0.25, 0.3) is 0 Å². The molecule has 0 atom stereocenters. The van der Waals surface area contributed by atoms with E-state index in [1.807, 2.05) is 6.07 Å². The highest BCUT2D eigenvalue weighted by Gasteiger charge is 2.24. The van der Waals surface area contributed by atoms with Gasteiger partial charge in [-0.2, -0.15) is 0 Å². The molecule has 1 fully saturated rings. The van der Waals surface area contributed by atoms with Crippen LogP contribution in [-0.2, 0) is 10.2 Å². The lowest BCUT2D eigenvalue weighted by Crippen LogP contribution is -2.24. The predicted molar refractivity (Wildman–Crippen MR) is 118 cm³/mol. The van der Waals surface area contributed by atoms with Gasteiger partial charge in [-0.25, -0.2) is 4.79 Å². The molecule has 2 aromatic rings. The molecule has 0 unspecified atom stereocenters.